The van der Waals surface area contributed by atoms with Gasteiger partial charge in [0.15, 0.2) is 17.1 Å². The smallest absolute Gasteiger partial charge is 0.165 e. The molecule has 0 amide bonds. The molecule has 1 aliphatic rings. The number of fused-ring (bicyclic) bond motifs is 1. The molecule has 3 heterocycles. The Morgan fingerprint density at radius 1 is 0.914 bits per heavy atom. The number of hydrogen-bond acceptors (Lipinski definition) is 6. The topological polar surface area (TPSA) is 55.1 Å². The molecule has 1 aliphatic heterocycles. The minimum Gasteiger partial charge on any atom is -0.493 e. The van der Waals surface area contributed by atoms with Crippen molar-refractivity contribution in [2.75, 3.05) is 43.7 Å². The van der Waals surface area contributed by atoms with Crippen LogP contribution in [0.25, 0.3) is 16.8 Å². The fourth-order valence-electron chi connectivity index (χ4n) is 5.14. The molecule has 0 aliphatic carbocycles. The summed E-state index contributed by atoms with van der Waals surface area (Å²) in [5.74, 6) is 2.48. The highest BCUT2D eigenvalue weighted by Crippen LogP contribution is 2.36. The molecule has 1 saturated heterocycles. The van der Waals surface area contributed by atoms with Crippen LogP contribution in [0.1, 0.15) is 23.9 Å². The Bertz CT molecular complexity index is 1380. The van der Waals surface area contributed by atoms with Crippen LogP contribution in [0, 0.1) is 20.8 Å². The third kappa shape index (κ3) is 4.16. The van der Waals surface area contributed by atoms with E-state index in [1.807, 2.05) is 29.6 Å². The number of aromatic nitrogens is 3. The van der Waals surface area contributed by atoms with E-state index in [2.05, 4.69) is 60.9 Å². The van der Waals surface area contributed by atoms with Gasteiger partial charge in [0.25, 0.3) is 0 Å². The SMILES string of the molecule is COc1ccc(-c2c(C)nn3c(N4CCN(c5cccc(C)c5)[C@@H](C)C4)cc(C)nc23)cc1OC. The summed E-state index contributed by atoms with van der Waals surface area (Å²) >= 11 is 0. The quantitative estimate of drug-likeness (QED) is 0.406. The zero-order chi connectivity index (χ0) is 24.7. The molecule has 0 saturated carbocycles. The summed E-state index contributed by atoms with van der Waals surface area (Å²) in [7, 11) is 3.30. The number of methoxy groups -OCH3 is 2. The van der Waals surface area contributed by atoms with Crippen LogP contribution in [0.3, 0.4) is 0 Å². The van der Waals surface area contributed by atoms with E-state index in [0.29, 0.717) is 17.5 Å². The first-order valence-corrected chi connectivity index (χ1v) is 12.1. The normalized spacial score (nSPS) is 16.1. The van der Waals surface area contributed by atoms with Crippen molar-refractivity contribution in [3.05, 3.63) is 65.5 Å². The van der Waals surface area contributed by atoms with Crippen LogP contribution in [0.5, 0.6) is 11.5 Å². The molecular formula is C28H33N5O2. The van der Waals surface area contributed by atoms with E-state index in [-0.39, 0.29) is 0 Å². The van der Waals surface area contributed by atoms with Crippen molar-refractivity contribution < 1.29 is 9.47 Å². The third-order valence-electron chi connectivity index (χ3n) is 6.83. The van der Waals surface area contributed by atoms with Gasteiger partial charge in [0, 0.05) is 48.7 Å². The second-order valence-electron chi connectivity index (χ2n) is 9.35. The average Bonchev–Trinajstić information content (AvgIpc) is 3.18. The van der Waals surface area contributed by atoms with Crippen molar-refractivity contribution in [1.82, 2.24) is 14.6 Å². The highest BCUT2D eigenvalue weighted by molar-refractivity contribution is 5.82. The van der Waals surface area contributed by atoms with Crippen molar-refractivity contribution in [1.29, 1.82) is 0 Å². The van der Waals surface area contributed by atoms with Crippen molar-refractivity contribution in [3.63, 3.8) is 0 Å². The summed E-state index contributed by atoms with van der Waals surface area (Å²) in [6, 6.07) is 17.3. The first-order chi connectivity index (χ1) is 16.9. The van der Waals surface area contributed by atoms with E-state index in [4.69, 9.17) is 19.6 Å². The number of benzene rings is 2. The highest BCUT2D eigenvalue weighted by atomic mass is 16.5. The van der Waals surface area contributed by atoms with Crippen LogP contribution in [0.2, 0.25) is 0 Å². The molecular weight excluding hydrogens is 438 g/mol. The Morgan fingerprint density at radius 3 is 2.43 bits per heavy atom. The molecule has 1 atom stereocenters. The molecule has 4 aromatic rings. The maximum Gasteiger partial charge on any atom is 0.165 e. The minimum atomic E-state index is 0.371. The number of piperazine rings is 1. The van der Waals surface area contributed by atoms with Crippen molar-refractivity contribution in [2.45, 2.75) is 33.7 Å². The zero-order valence-electron chi connectivity index (χ0n) is 21.4. The predicted molar refractivity (Wildman–Crippen MR) is 141 cm³/mol. The van der Waals surface area contributed by atoms with Crippen LogP contribution in [0.15, 0.2) is 48.5 Å². The van der Waals surface area contributed by atoms with Crippen molar-refractivity contribution >= 4 is 17.2 Å². The van der Waals surface area contributed by atoms with Gasteiger partial charge in [0.2, 0.25) is 0 Å². The number of ether oxygens (including phenoxy) is 2. The second kappa shape index (κ2) is 9.13. The van der Waals surface area contributed by atoms with Crippen molar-refractivity contribution in [2.24, 2.45) is 0 Å². The fourth-order valence-corrected chi connectivity index (χ4v) is 5.14. The predicted octanol–water partition coefficient (Wildman–Crippen LogP) is 5.05. The zero-order valence-corrected chi connectivity index (χ0v) is 21.4. The molecule has 5 rings (SSSR count). The fraction of sp³-hybridized carbons (Fsp3) is 0.357. The maximum absolute atomic E-state index is 5.55. The van der Waals surface area contributed by atoms with E-state index in [0.717, 1.165) is 53.6 Å². The number of aryl methyl sites for hydroxylation is 3. The minimum absolute atomic E-state index is 0.371. The molecule has 0 N–H and O–H groups in total. The molecule has 0 radical (unpaired) electrons. The Kier molecular flexibility index (Phi) is 6.01. The van der Waals surface area contributed by atoms with Crippen LogP contribution >= 0.6 is 0 Å². The Balaban J connectivity index is 1.52. The molecule has 2 aromatic carbocycles. The highest BCUT2D eigenvalue weighted by Gasteiger charge is 2.27. The third-order valence-corrected chi connectivity index (χ3v) is 6.83. The lowest BCUT2D eigenvalue weighted by Crippen LogP contribution is -2.52. The summed E-state index contributed by atoms with van der Waals surface area (Å²) in [6.45, 7) is 11.3. The molecule has 7 heteroatoms. The van der Waals surface area contributed by atoms with E-state index >= 15 is 0 Å². The first kappa shape index (κ1) is 23.0. The van der Waals surface area contributed by atoms with Crippen molar-refractivity contribution in [3.8, 4) is 22.6 Å². The summed E-state index contributed by atoms with van der Waals surface area (Å²) in [4.78, 5) is 9.84. The van der Waals surface area contributed by atoms with Gasteiger partial charge in [-0.1, -0.05) is 18.2 Å². The number of hydrogen-bond donors (Lipinski definition) is 0. The number of anilines is 2. The summed E-state index contributed by atoms with van der Waals surface area (Å²) in [5.41, 5.74) is 7.38. The van der Waals surface area contributed by atoms with Crippen LogP contribution < -0.4 is 19.3 Å². The van der Waals surface area contributed by atoms with Crippen LogP contribution in [-0.2, 0) is 0 Å². The average molecular weight is 472 g/mol. The second-order valence-corrected chi connectivity index (χ2v) is 9.35. The van der Waals surface area contributed by atoms with Gasteiger partial charge in [-0.05, 0) is 63.1 Å². The van der Waals surface area contributed by atoms with Gasteiger partial charge < -0.3 is 19.3 Å². The van der Waals surface area contributed by atoms with Gasteiger partial charge in [0.05, 0.1) is 19.9 Å². The molecule has 1 fully saturated rings. The molecule has 2 aromatic heterocycles. The van der Waals surface area contributed by atoms with E-state index < -0.39 is 0 Å². The summed E-state index contributed by atoms with van der Waals surface area (Å²) in [5, 5.41) is 4.94. The van der Waals surface area contributed by atoms with Gasteiger partial charge >= 0.3 is 0 Å². The molecule has 0 bridgehead atoms. The number of nitrogens with zero attached hydrogens (tertiary/aromatic N) is 5. The van der Waals surface area contributed by atoms with E-state index in [1.165, 1.54) is 11.3 Å². The van der Waals surface area contributed by atoms with Gasteiger partial charge in [-0.15, -0.1) is 0 Å². The maximum atomic E-state index is 5.55. The lowest BCUT2D eigenvalue weighted by Gasteiger charge is -2.42. The van der Waals surface area contributed by atoms with Gasteiger partial charge in [-0.2, -0.15) is 9.61 Å². The van der Waals surface area contributed by atoms with Crippen LogP contribution in [-0.4, -0.2) is 54.5 Å². The standard InChI is InChI=1S/C28H33N5O2/c1-18-8-7-9-23(14-18)32-13-12-31(17-20(32)3)26-15-19(2)29-28-27(21(4)30-33(26)28)22-10-11-24(34-5)25(16-22)35-6/h7-11,14-16,20H,12-13,17H2,1-6H3/t20-/m0/s1. The molecule has 0 unspecified atom stereocenters. The largest absolute Gasteiger partial charge is 0.493 e. The monoisotopic (exact) mass is 471 g/mol. The van der Waals surface area contributed by atoms with E-state index in [1.54, 1.807) is 14.2 Å². The molecule has 7 nitrogen and oxygen atoms in total. The van der Waals surface area contributed by atoms with Gasteiger partial charge in [-0.25, -0.2) is 4.98 Å². The summed E-state index contributed by atoms with van der Waals surface area (Å²) in [6.07, 6.45) is 0. The molecule has 182 valence electrons. The lowest BCUT2D eigenvalue weighted by atomic mass is 10.1. The first-order valence-electron chi connectivity index (χ1n) is 12.1. The summed E-state index contributed by atoms with van der Waals surface area (Å²) < 4.78 is 13.0. The Hall–Kier alpha value is -3.74. The molecule has 0 spiro atoms. The Morgan fingerprint density at radius 2 is 1.71 bits per heavy atom. The molecule has 35 heavy (non-hydrogen) atoms. The van der Waals surface area contributed by atoms with Gasteiger partial charge in [-0.3, -0.25) is 0 Å². The van der Waals surface area contributed by atoms with E-state index in [9.17, 15) is 0 Å². The van der Waals surface area contributed by atoms with Crippen LogP contribution in [0.4, 0.5) is 11.5 Å². The van der Waals surface area contributed by atoms with Gasteiger partial charge in [0.1, 0.15) is 5.82 Å². The Labute approximate surface area is 206 Å². The lowest BCUT2D eigenvalue weighted by molar-refractivity contribution is 0.355. The number of rotatable bonds is 5.